The number of ether oxygens (including phenoxy) is 1. The molecule has 0 N–H and O–H groups in total. The second-order valence-electron chi connectivity index (χ2n) is 8.04. The van der Waals surface area contributed by atoms with Crippen LogP contribution in [0.1, 0.15) is 69.6 Å². The molecule has 2 aromatic rings. The van der Waals surface area contributed by atoms with Gasteiger partial charge in [0.25, 0.3) is 0 Å². The van der Waals surface area contributed by atoms with E-state index < -0.39 is 11.6 Å². The summed E-state index contributed by atoms with van der Waals surface area (Å²) in [4.78, 5) is 25.6. The van der Waals surface area contributed by atoms with Gasteiger partial charge < -0.3 is 4.74 Å². The minimum Gasteiger partial charge on any atom is -0.458 e. The fourth-order valence-electron chi connectivity index (χ4n) is 3.33. The molecule has 0 spiro atoms. The van der Waals surface area contributed by atoms with Crippen molar-refractivity contribution in [2.75, 3.05) is 0 Å². The largest absolute Gasteiger partial charge is 0.458 e. The minimum atomic E-state index is -0.593. The van der Waals surface area contributed by atoms with Crippen LogP contribution in [0.3, 0.4) is 0 Å². The van der Waals surface area contributed by atoms with Gasteiger partial charge in [-0.1, -0.05) is 29.8 Å². The molecule has 2 heterocycles. The summed E-state index contributed by atoms with van der Waals surface area (Å²) < 4.78 is 8.54. The van der Waals surface area contributed by atoms with Gasteiger partial charge in [0.1, 0.15) is 17.5 Å². The van der Waals surface area contributed by atoms with Crippen molar-refractivity contribution in [3.05, 3.63) is 51.7 Å². The van der Waals surface area contributed by atoms with Gasteiger partial charge in [-0.15, -0.1) is 0 Å². The molecule has 0 fully saturated rings. The van der Waals surface area contributed by atoms with Crippen LogP contribution in [0.25, 0.3) is 0 Å². The summed E-state index contributed by atoms with van der Waals surface area (Å²) in [7, 11) is 0. The molecule has 1 aliphatic heterocycles. The third-order valence-electron chi connectivity index (χ3n) is 4.70. The van der Waals surface area contributed by atoms with E-state index in [9.17, 15) is 9.59 Å². The maximum atomic E-state index is 13.0. The van der Waals surface area contributed by atoms with Crippen LogP contribution in [0.5, 0.6) is 0 Å². The molecule has 1 unspecified atom stereocenters. The molecule has 0 saturated heterocycles. The molecule has 1 aromatic heterocycles. The lowest BCUT2D eigenvalue weighted by Gasteiger charge is -2.26. The highest BCUT2D eigenvalue weighted by Crippen LogP contribution is 2.26. The van der Waals surface area contributed by atoms with E-state index in [2.05, 4.69) is 5.10 Å². The Morgan fingerprint density at radius 3 is 2.54 bits per heavy atom. The van der Waals surface area contributed by atoms with E-state index in [0.29, 0.717) is 18.7 Å². The maximum absolute atomic E-state index is 13.0. The molecule has 6 nitrogen and oxygen atoms in total. The van der Waals surface area contributed by atoms with E-state index in [1.165, 1.54) is 14.8 Å². The summed E-state index contributed by atoms with van der Waals surface area (Å²) in [6.07, 6.45) is 2.12. The van der Waals surface area contributed by atoms with Crippen molar-refractivity contribution < 1.29 is 9.53 Å². The topological polar surface area (TPSA) is 66.1 Å². The van der Waals surface area contributed by atoms with Crippen LogP contribution < -0.4 is 5.69 Å². The molecule has 0 radical (unpaired) electrons. The van der Waals surface area contributed by atoms with E-state index in [0.717, 1.165) is 12.0 Å². The van der Waals surface area contributed by atoms with Crippen molar-refractivity contribution in [2.45, 2.75) is 71.6 Å². The number of aryl methyl sites for hydroxylation is 2. The molecule has 3 rings (SSSR count). The maximum Gasteiger partial charge on any atom is 0.347 e. The Balaban J connectivity index is 1.96. The molecular formula is C20H27N3O3. The van der Waals surface area contributed by atoms with E-state index in [4.69, 9.17) is 4.74 Å². The highest BCUT2D eigenvalue weighted by molar-refractivity contribution is 5.74. The lowest BCUT2D eigenvalue weighted by Crippen LogP contribution is -2.38. The van der Waals surface area contributed by atoms with Gasteiger partial charge in [-0.2, -0.15) is 5.10 Å². The summed E-state index contributed by atoms with van der Waals surface area (Å²) in [5.74, 6) is 0.305. The van der Waals surface area contributed by atoms with Gasteiger partial charge in [0.05, 0.1) is 6.04 Å². The SMILES string of the molecule is Cc1ccc(C(C)n2nc3n(c2=O)[C@H](C(=O)OC(C)(C)C)CCC3)cc1. The summed E-state index contributed by atoms with van der Waals surface area (Å²) in [5, 5.41) is 4.54. The van der Waals surface area contributed by atoms with Gasteiger partial charge in [-0.05, 0) is 53.0 Å². The smallest absolute Gasteiger partial charge is 0.347 e. The van der Waals surface area contributed by atoms with Crippen LogP contribution >= 0.6 is 0 Å². The van der Waals surface area contributed by atoms with Crippen LogP contribution in [-0.4, -0.2) is 25.9 Å². The van der Waals surface area contributed by atoms with Gasteiger partial charge in [0.2, 0.25) is 0 Å². The van der Waals surface area contributed by atoms with Crippen molar-refractivity contribution >= 4 is 5.97 Å². The monoisotopic (exact) mass is 357 g/mol. The van der Waals surface area contributed by atoms with Gasteiger partial charge in [-0.3, -0.25) is 4.57 Å². The van der Waals surface area contributed by atoms with Crippen molar-refractivity contribution in [3.63, 3.8) is 0 Å². The molecule has 0 saturated carbocycles. The van der Waals surface area contributed by atoms with Crippen molar-refractivity contribution in [1.82, 2.24) is 14.3 Å². The lowest BCUT2D eigenvalue weighted by molar-refractivity contribution is -0.159. The van der Waals surface area contributed by atoms with E-state index in [1.54, 1.807) is 0 Å². The standard InChI is InChI=1S/C20H27N3O3/c1-13-9-11-15(12-10-13)14(2)23-19(25)22-16(7-6-8-17(22)21-23)18(24)26-20(3,4)5/h9-12,14,16H,6-8H2,1-5H3/t14?,16-/m0/s1. The molecule has 6 heteroatoms. The first kappa shape index (κ1) is 18.4. The number of benzene rings is 1. The van der Waals surface area contributed by atoms with E-state index >= 15 is 0 Å². The zero-order valence-electron chi connectivity index (χ0n) is 16.2. The third-order valence-corrected chi connectivity index (χ3v) is 4.70. The Bertz CT molecular complexity index is 856. The Labute approximate surface area is 153 Å². The van der Waals surface area contributed by atoms with Crippen LogP contribution in [0, 0.1) is 6.92 Å². The predicted octanol–water partition coefficient (Wildman–Crippen LogP) is 3.18. The zero-order valence-corrected chi connectivity index (χ0v) is 16.2. The Morgan fingerprint density at radius 1 is 1.27 bits per heavy atom. The average molecular weight is 357 g/mol. The van der Waals surface area contributed by atoms with Gasteiger partial charge in [0.15, 0.2) is 0 Å². The third kappa shape index (κ3) is 3.59. The fraction of sp³-hybridized carbons (Fsp3) is 0.550. The molecule has 140 valence electrons. The van der Waals surface area contributed by atoms with Gasteiger partial charge in [-0.25, -0.2) is 14.3 Å². The number of aromatic nitrogens is 3. The van der Waals surface area contributed by atoms with Crippen LogP contribution in [0.15, 0.2) is 29.1 Å². The average Bonchev–Trinajstić information content (AvgIpc) is 2.90. The molecule has 26 heavy (non-hydrogen) atoms. The number of nitrogens with zero attached hydrogens (tertiary/aromatic N) is 3. The van der Waals surface area contributed by atoms with Crippen LogP contribution in [-0.2, 0) is 16.0 Å². The van der Waals surface area contributed by atoms with Crippen molar-refractivity contribution in [1.29, 1.82) is 0 Å². The minimum absolute atomic E-state index is 0.194. The molecule has 1 aromatic carbocycles. The summed E-state index contributed by atoms with van der Waals surface area (Å²) in [6, 6.07) is 7.28. The first-order valence-corrected chi connectivity index (χ1v) is 9.17. The summed E-state index contributed by atoms with van der Waals surface area (Å²) in [6.45, 7) is 9.48. The number of carbonyl (C=O) groups excluding carboxylic acids is 1. The summed E-state index contributed by atoms with van der Waals surface area (Å²) in [5.41, 5.74) is 1.36. The first-order chi connectivity index (χ1) is 12.2. The molecule has 2 atom stereocenters. The number of rotatable bonds is 3. The van der Waals surface area contributed by atoms with E-state index in [-0.39, 0.29) is 17.7 Å². The highest BCUT2D eigenvalue weighted by atomic mass is 16.6. The molecule has 1 aliphatic rings. The van der Waals surface area contributed by atoms with Gasteiger partial charge in [0, 0.05) is 6.42 Å². The Hall–Kier alpha value is -2.37. The molecular weight excluding hydrogens is 330 g/mol. The second-order valence-corrected chi connectivity index (χ2v) is 8.04. The normalized spacial score (nSPS) is 18.3. The first-order valence-electron chi connectivity index (χ1n) is 9.17. The Morgan fingerprint density at radius 2 is 1.92 bits per heavy atom. The van der Waals surface area contributed by atoms with Crippen molar-refractivity contribution in [2.24, 2.45) is 0 Å². The van der Waals surface area contributed by atoms with Crippen LogP contribution in [0.4, 0.5) is 0 Å². The number of carbonyl (C=O) groups is 1. The number of fused-ring (bicyclic) bond motifs is 1. The van der Waals surface area contributed by atoms with E-state index in [1.807, 2.05) is 58.9 Å². The quantitative estimate of drug-likeness (QED) is 0.791. The van der Waals surface area contributed by atoms with Gasteiger partial charge >= 0.3 is 11.7 Å². The Kier molecular flexibility index (Phi) is 4.78. The lowest BCUT2D eigenvalue weighted by atomic mass is 10.0. The molecule has 0 aliphatic carbocycles. The fourth-order valence-corrected chi connectivity index (χ4v) is 3.33. The number of hydrogen-bond acceptors (Lipinski definition) is 4. The van der Waals surface area contributed by atoms with Crippen molar-refractivity contribution in [3.8, 4) is 0 Å². The van der Waals surface area contributed by atoms with Crippen LogP contribution in [0.2, 0.25) is 0 Å². The second kappa shape index (κ2) is 6.74. The zero-order chi connectivity index (χ0) is 19.1. The molecule has 0 amide bonds. The highest BCUT2D eigenvalue weighted by Gasteiger charge is 2.34. The molecule has 0 bridgehead atoms. The summed E-state index contributed by atoms with van der Waals surface area (Å²) >= 11 is 0. The number of esters is 1. The predicted molar refractivity (Wildman–Crippen MR) is 99.3 cm³/mol. The number of hydrogen-bond donors (Lipinski definition) is 0.